The number of aromatic amines is 1. The summed E-state index contributed by atoms with van der Waals surface area (Å²) in [6.07, 6.45) is 8.35. The molecule has 0 saturated heterocycles. The number of esters is 1. The molecule has 3 rings (SSSR count). The summed E-state index contributed by atoms with van der Waals surface area (Å²) in [6.45, 7) is 12.1. The number of imidazole rings is 1. The number of unbranched alkanes of at least 4 members (excludes halogenated alkanes) is 1. The van der Waals surface area contributed by atoms with Crippen LogP contribution in [0.4, 0.5) is 0 Å². The number of sulfone groups is 1. The van der Waals surface area contributed by atoms with Crippen molar-refractivity contribution in [3.63, 3.8) is 0 Å². The first-order valence-corrected chi connectivity index (χ1v) is 19.9. The van der Waals surface area contributed by atoms with Crippen molar-refractivity contribution in [3.8, 4) is 0 Å². The molecule has 50 heavy (non-hydrogen) atoms. The van der Waals surface area contributed by atoms with Gasteiger partial charge in [-0.3, -0.25) is 14.4 Å². The number of hydrogen-bond acceptors (Lipinski definition) is 8. The lowest BCUT2D eigenvalue weighted by Gasteiger charge is -2.37. The Bertz CT molecular complexity index is 1470. The van der Waals surface area contributed by atoms with Crippen molar-refractivity contribution in [1.82, 2.24) is 20.6 Å². The van der Waals surface area contributed by atoms with Crippen LogP contribution >= 0.6 is 0 Å². The van der Waals surface area contributed by atoms with E-state index in [4.69, 9.17) is 4.74 Å². The lowest BCUT2D eigenvalue weighted by molar-refractivity contribution is -0.161. The van der Waals surface area contributed by atoms with Crippen LogP contribution in [0.25, 0.3) is 0 Å². The molecule has 12 heteroatoms. The molecule has 0 spiro atoms. The summed E-state index contributed by atoms with van der Waals surface area (Å²) in [4.78, 5) is 48.7. The predicted molar refractivity (Wildman–Crippen MR) is 195 cm³/mol. The van der Waals surface area contributed by atoms with Gasteiger partial charge in [-0.25, -0.2) is 13.4 Å². The van der Waals surface area contributed by atoms with Gasteiger partial charge >= 0.3 is 5.97 Å². The van der Waals surface area contributed by atoms with E-state index in [9.17, 15) is 27.9 Å². The highest BCUT2D eigenvalue weighted by molar-refractivity contribution is 7.92. The largest absolute Gasteiger partial charge is 0.459 e. The third kappa shape index (κ3) is 11.4. The minimum Gasteiger partial charge on any atom is -0.459 e. The highest BCUT2D eigenvalue weighted by Gasteiger charge is 2.44. The molecule has 1 aromatic carbocycles. The van der Waals surface area contributed by atoms with Gasteiger partial charge in [0.15, 0.2) is 15.4 Å². The Hall–Kier alpha value is -3.25. The van der Waals surface area contributed by atoms with Gasteiger partial charge in [-0.1, -0.05) is 89.6 Å². The smallest absolute Gasteiger partial charge is 0.306 e. The fourth-order valence-electron chi connectivity index (χ4n) is 6.50. The van der Waals surface area contributed by atoms with Crippen molar-refractivity contribution in [2.24, 2.45) is 17.8 Å². The molecule has 0 bridgehead atoms. The molecule has 0 radical (unpaired) electrons. The van der Waals surface area contributed by atoms with Crippen LogP contribution in [0, 0.1) is 17.8 Å². The van der Waals surface area contributed by atoms with E-state index in [0.29, 0.717) is 12.8 Å². The van der Waals surface area contributed by atoms with Crippen LogP contribution in [0.2, 0.25) is 0 Å². The lowest BCUT2D eigenvalue weighted by Crippen LogP contribution is -2.61. The molecule has 1 aromatic heterocycles. The average Bonchev–Trinajstić information content (AvgIpc) is 3.61. The summed E-state index contributed by atoms with van der Waals surface area (Å²) in [6, 6.07) is 8.37. The third-order valence-electron chi connectivity index (χ3n) is 9.92. The zero-order valence-electron chi connectivity index (χ0n) is 31.0. The molecule has 0 aliphatic heterocycles. The molecule has 0 unspecified atom stereocenters. The highest BCUT2D eigenvalue weighted by Crippen LogP contribution is 2.31. The van der Waals surface area contributed by atoms with Gasteiger partial charge < -0.3 is 25.5 Å². The predicted octanol–water partition coefficient (Wildman–Crippen LogP) is 5.39. The first kappa shape index (κ1) is 41.2. The van der Waals surface area contributed by atoms with Gasteiger partial charge in [0.25, 0.3) is 5.91 Å². The number of ether oxygens (including phenoxy) is 1. The zero-order chi connectivity index (χ0) is 37.1. The van der Waals surface area contributed by atoms with Crippen molar-refractivity contribution in [2.75, 3.05) is 5.75 Å². The maximum Gasteiger partial charge on any atom is 0.306 e. The van der Waals surface area contributed by atoms with Crippen LogP contribution in [-0.4, -0.2) is 70.0 Å². The highest BCUT2D eigenvalue weighted by atomic mass is 32.2. The van der Waals surface area contributed by atoms with E-state index in [1.807, 2.05) is 51.1 Å². The molecule has 1 fully saturated rings. The minimum absolute atomic E-state index is 0.142. The molecular weight excluding hydrogens is 657 g/mol. The number of H-pyrrole nitrogens is 1. The Morgan fingerprint density at radius 3 is 2.28 bits per heavy atom. The van der Waals surface area contributed by atoms with Gasteiger partial charge in [0.05, 0.1) is 34.5 Å². The first-order valence-electron chi connectivity index (χ1n) is 18.2. The number of carbonyl (C=O) groups is 3. The molecule has 1 saturated carbocycles. The number of nitrogens with zero attached hydrogens (tertiary/aromatic N) is 1. The van der Waals surface area contributed by atoms with E-state index in [2.05, 4.69) is 20.6 Å². The Morgan fingerprint density at radius 2 is 1.72 bits per heavy atom. The van der Waals surface area contributed by atoms with Crippen LogP contribution in [-0.2, 0) is 40.9 Å². The minimum atomic E-state index is -3.73. The Balaban J connectivity index is 1.97. The van der Waals surface area contributed by atoms with Gasteiger partial charge in [-0.05, 0) is 64.4 Å². The first-order chi connectivity index (χ1) is 23.5. The monoisotopic (exact) mass is 716 g/mol. The molecule has 2 aromatic rings. The number of aromatic nitrogens is 2. The van der Waals surface area contributed by atoms with Gasteiger partial charge in [-0.15, -0.1) is 0 Å². The van der Waals surface area contributed by atoms with Gasteiger partial charge in [-0.2, -0.15) is 0 Å². The SMILES string of the molecule is CCCCC(=O)O[C@@H](C(C)C)[C@H](O)[C@H](CC1CCCCC1)NC(=O)[C@@](C)(NC(=O)[C@H](Cc1ccccc1)CS(=O)(=O)C(C)(C)C)c1c[nH]cn1. The molecule has 1 heterocycles. The summed E-state index contributed by atoms with van der Waals surface area (Å²) >= 11 is 0. The van der Waals surface area contributed by atoms with Gasteiger partial charge in [0.1, 0.15) is 12.2 Å². The van der Waals surface area contributed by atoms with Crippen molar-refractivity contribution in [3.05, 3.63) is 54.1 Å². The number of rotatable bonds is 18. The van der Waals surface area contributed by atoms with Crippen molar-refractivity contribution < 1.29 is 32.6 Å². The summed E-state index contributed by atoms with van der Waals surface area (Å²) in [5, 5.41) is 17.8. The second kappa shape index (κ2) is 18.3. The van der Waals surface area contributed by atoms with Gasteiger partial charge in [0.2, 0.25) is 5.91 Å². The third-order valence-corrected chi connectivity index (χ3v) is 12.6. The van der Waals surface area contributed by atoms with Crippen LogP contribution in [0.15, 0.2) is 42.9 Å². The molecule has 5 atom stereocenters. The lowest BCUT2D eigenvalue weighted by atomic mass is 9.81. The van der Waals surface area contributed by atoms with Crippen molar-refractivity contribution in [1.29, 1.82) is 0 Å². The number of aliphatic hydroxyl groups is 1. The van der Waals surface area contributed by atoms with E-state index in [1.54, 1.807) is 20.8 Å². The second-order valence-corrected chi connectivity index (χ2v) is 18.2. The number of benzene rings is 1. The van der Waals surface area contributed by atoms with Crippen LogP contribution < -0.4 is 10.6 Å². The zero-order valence-corrected chi connectivity index (χ0v) is 31.9. The Morgan fingerprint density at radius 1 is 1.06 bits per heavy atom. The normalized spacial score (nSPS) is 18.0. The summed E-state index contributed by atoms with van der Waals surface area (Å²) < 4.78 is 31.5. The van der Waals surface area contributed by atoms with Crippen molar-refractivity contribution in [2.45, 2.75) is 141 Å². The second-order valence-electron chi connectivity index (χ2n) is 15.5. The number of aliphatic hydroxyl groups excluding tert-OH is 1. The Labute approximate surface area is 299 Å². The summed E-state index contributed by atoms with van der Waals surface area (Å²) in [5.74, 6) is -3.04. The maximum absolute atomic E-state index is 14.5. The molecular formula is C38H60N4O7S. The fourth-order valence-corrected chi connectivity index (χ4v) is 7.80. The van der Waals surface area contributed by atoms with Crippen molar-refractivity contribution >= 4 is 27.6 Å². The molecule has 2 amide bonds. The van der Waals surface area contributed by atoms with Crippen LogP contribution in [0.1, 0.15) is 118 Å². The maximum atomic E-state index is 14.5. The molecule has 1 aliphatic rings. The summed E-state index contributed by atoms with van der Waals surface area (Å²) in [7, 11) is -3.73. The molecule has 4 N–H and O–H groups in total. The Kier molecular flexibility index (Phi) is 15.1. The number of nitrogens with one attached hydrogen (secondary N) is 3. The van der Waals surface area contributed by atoms with E-state index < -0.39 is 67.8 Å². The van der Waals surface area contributed by atoms with E-state index >= 15 is 0 Å². The number of hydrogen-bond donors (Lipinski definition) is 4. The van der Waals surface area contributed by atoms with E-state index in [-0.39, 0.29) is 30.4 Å². The standard InChI is InChI=1S/C38H60N4O7S/c1-8-9-20-32(43)49-34(26(2)3)33(44)30(22-28-18-14-11-15-19-28)41-36(46)38(7,31-23-39-25-40-31)42-35(45)29(21-27-16-12-10-13-17-27)24-50(47,48)37(4,5)6/h10,12-13,16-17,23,25-26,28-30,33-34,44H,8-9,11,14-15,18-22,24H2,1-7H3,(H,39,40)(H,41,46)(H,42,45)/t29-,30+,33-,34+,38+/m1/s1. The molecule has 1 aliphatic carbocycles. The quantitative estimate of drug-likeness (QED) is 0.149. The fraction of sp³-hybridized carbons (Fsp3) is 0.684. The number of carbonyl (C=O) groups excluding carboxylic acids is 3. The topological polar surface area (TPSA) is 168 Å². The molecule has 11 nitrogen and oxygen atoms in total. The molecule has 280 valence electrons. The average molecular weight is 717 g/mol. The summed E-state index contributed by atoms with van der Waals surface area (Å²) in [5.41, 5.74) is -0.739. The van der Waals surface area contributed by atoms with Crippen LogP contribution in [0.3, 0.4) is 0 Å². The number of amides is 2. The van der Waals surface area contributed by atoms with E-state index in [0.717, 1.165) is 44.1 Å². The van der Waals surface area contributed by atoms with Gasteiger partial charge in [0, 0.05) is 12.6 Å². The van der Waals surface area contributed by atoms with Crippen LogP contribution in [0.5, 0.6) is 0 Å². The van der Waals surface area contributed by atoms with E-state index in [1.165, 1.54) is 19.4 Å².